The van der Waals surface area contributed by atoms with E-state index in [2.05, 4.69) is 11.1 Å². The van der Waals surface area contributed by atoms with E-state index in [4.69, 9.17) is 5.73 Å². The second-order valence-corrected chi connectivity index (χ2v) is 5.36. The molecule has 0 fully saturated rings. The summed E-state index contributed by atoms with van der Waals surface area (Å²) >= 11 is 3.23. The third-order valence-electron chi connectivity index (χ3n) is 1.75. The molecule has 5 heteroatoms. The van der Waals surface area contributed by atoms with Crippen molar-refractivity contribution >= 4 is 29.0 Å². The third-order valence-corrected chi connectivity index (χ3v) is 4.00. The monoisotopic (exact) mass is 242 g/mol. The van der Waals surface area contributed by atoms with Gasteiger partial charge in [-0.15, -0.1) is 11.3 Å². The van der Waals surface area contributed by atoms with Crippen LogP contribution in [0.5, 0.6) is 0 Å². The Hall–Kier alpha value is -0.810. The van der Waals surface area contributed by atoms with E-state index in [1.165, 1.54) is 0 Å². The van der Waals surface area contributed by atoms with Crippen LogP contribution in [0.2, 0.25) is 0 Å². The minimum Gasteiger partial charge on any atom is -0.369 e. The molecule has 0 spiro atoms. The molecule has 2 N–H and O–H groups in total. The quantitative estimate of drug-likeness (QED) is 0.636. The maximum atomic E-state index is 10.8. The van der Waals surface area contributed by atoms with Gasteiger partial charge in [-0.05, 0) is 13.8 Å². The lowest BCUT2D eigenvalue weighted by atomic mass is 10.3. The van der Waals surface area contributed by atoms with Crippen molar-refractivity contribution in [3.05, 3.63) is 22.7 Å². The Labute approximate surface area is 97.8 Å². The number of carbonyl (C=O) groups is 1. The fraction of sp³-hybridized carbons (Fsp3) is 0.400. The number of primary amides is 1. The van der Waals surface area contributed by atoms with Gasteiger partial charge in [0, 0.05) is 10.6 Å². The number of rotatable bonds is 5. The fourth-order valence-electron chi connectivity index (χ4n) is 1.00. The zero-order chi connectivity index (χ0) is 11.3. The van der Waals surface area contributed by atoms with E-state index in [0.717, 1.165) is 20.7 Å². The first-order valence-corrected chi connectivity index (χ1v) is 6.42. The number of carbonyl (C=O) groups excluding carboxylic acids is 1. The molecule has 3 nitrogen and oxygen atoms in total. The van der Waals surface area contributed by atoms with Crippen LogP contribution in [0.25, 0.3) is 0 Å². The van der Waals surface area contributed by atoms with Crippen LogP contribution in [-0.2, 0) is 11.2 Å². The molecule has 0 unspecified atom stereocenters. The molecule has 1 aromatic heterocycles. The summed E-state index contributed by atoms with van der Waals surface area (Å²) in [7, 11) is 0. The molecular formula is C10H14N2OS2. The van der Waals surface area contributed by atoms with Gasteiger partial charge in [-0.2, -0.15) is 0 Å². The van der Waals surface area contributed by atoms with E-state index < -0.39 is 0 Å². The first kappa shape index (κ1) is 12.3. The van der Waals surface area contributed by atoms with Gasteiger partial charge in [0.25, 0.3) is 0 Å². The Kier molecular flexibility index (Phi) is 4.84. The van der Waals surface area contributed by atoms with Crippen molar-refractivity contribution in [3.8, 4) is 0 Å². The van der Waals surface area contributed by atoms with Crippen molar-refractivity contribution in [2.75, 3.05) is 5.75 Å². The summed E-state index contributed by atoms with van der Waals surface area (Å²) < 4.78 is 1.00. The summed E-state index contributed by atoms with van der Waals surface area (Å²) in [6.45, 7) is 3.90. The number of aryl methyl sites for hydroxylation is 1. The normalized spacial score (nSPS) is 11.1. The summed E-state index contributed by atoms with van der Waals surface area (Å²) in [5.41, 5.74) is 6.06. The summed E-state index contributed by atoms with van der Waals surface area (Å²) in [6.07, 6.45) is 4.39. The molecule has 0 aliphatic carbocycles. The molecule has 1 aromatic rings. The Morgan fingerprint density at radius 2 is 2.40 bits per heavy atom. The smallest absolute Gasteiger partial charge is 0.222 e. The number of nitrogens with two attached hydrogens (primary N) is 1. The number of thioether (sulfide) groups is 1. The number of allylic oxidation sites excluding steroid dienone is 1. The van der Waals surface area contributed by atoms with Gasteiger partial charge in [0.15, 0.2) is 4.34 Å². The molecule has 0 aliphatic rings. The lowest BCUT2D eigenvalue weighted by Gasteiger charge is -1.90. The Balaban J connectivity index is 2.63. The highest BCUT2D eigenvalue weighted by molar-refractivity contribution is 8.01. The van der Waals surface area contributed by atoms with Gasteiger partial charge in [0.1, 0.15) is 0 Å². The molecule has 15 heavy (non-hydrogen) atoms. The number of thiazole rings is 1. The topological polar surface area (TPSA) is 56.0 Å². The number of nitrogens with zero attached hydrogens (tertiary/aromatic N) is 1. The van der Waals surface area contributed by atoms with Crippen molar-refractivity contribution in [1.29, 1.82) is 0 Å². The highest BCUT2D eigenvalue weighted by Crippen LogP contribution is 2.27. The Bertz CT molecular complexity index is 371. The van der Waals surface area contributed by atoms with E-state index in [1.807, 2.05) is 19.9 Å². The lowest BCUT2D eigenvalue weighted by molar-refractivity contribution is -0.117. The van der Waals surface area contributed by atoms with Crippen molar-refractivity contribution in [1.82, 2.24) is 4.98 Å². The second kappa shape index (κ2) is 5.92. The predicted molar refractivity (Wildman–Crippen MR) is 65.3 cm³/mol. The van der Waals surface area contributed by atoms with Gasteiger partial charge in [0.05, 0.1) is 12.1 Å². The number of hydrogen-bond acceptors (Lipinski definition) is 4. The maximum Gasteiger partial charge on any atom is 0.222 e. The first-order chi connectivity index (χ1) is 7.13. The average Bonchev–Trinajstić information content (AvgIpc) is 2.47. The van der Waals surface area contributed by atoms with Crippen molar-refractivity contribution < 1.29 is 4.79 Å². The van der Waals surface area contributed by atoms with E-state index in [0.29, 0.717) is 6.42 Å². The Morgan fingerprint density at radius 1 is 1.67 bits per heavy atom. The standard InChI is InChI=1S/C10H14N2OS2/c1-3-4-5-14-10-12-7(2)8(15-10)6-9(11)13/h3-4H,5-6H2,1-2H3,(H2,11,13)/b4-3+. The van der Waals surface area contributed by atoms with E-state index >= 15 is 0 Å². The molecule has 82 valence electrons. The zero-order valence-electron chi connectivity index (χ0n) is 8.82. The molecule has 0 radical (unpaired) electrons. The summed E-state index contributed by atoms with van der Waals surface area (Å²) in [5, 5.41) is 0. The molecule has 1 rings (SSSR count). The summed E-state index contributed by atoms with van der Waals surface area (Å²) in [5.74, 6) is 0.617. The van der Waals surface area contributed by atoms with E-state index in [-0.39, 0.29) is 5.91 Å². The van der Waals surface area contributed by atoms with Crippen LogP contribution < -0.4 is 5.73 Å². The molecule has 0 atom stereocenters. The zero-order valence-corrected chi connectivity index (χ0v) is 10.5. The van der Waals surface area contributed by atoms with Crippen LogP contribution in [0, 0.1) is 6.92 Å². The largest absolute Gasteiger partial charge is 0.369 e. The minimum atomic E-state index is -0.299. The molecule has 1 heterocycles. The molecule has 0 aromatic carbocycles. The molecule has 0 saturated heterocycles. The fourth-order valence-corrected chi connectivity index (χ4v) is 3.18. The number of aromatic nitrogens is 1. The lowest BCUT2D eigenvalue weighted by Crippen LogP contribution is -2.13. The predicted octanol–water partition coefficient (Wildman–Crippen LogP) is 2.15. The van der Waals surface area contributed by atoms with Crippen LogP contribution in [0.3, 0.4) is 0 Å². The maximum absolute atomic E-state index is 10.8. The van der Waals surface area contributed by atoms with Crippen molar-refractivity contribution in [2.24, 2.45) is 5.73 Å². The van der Waals surface area contributed by atoms with Crippen LogP contribution in [0.15, 0.2) is 16.5 Å². The van der Waals surface area contributed by atoms with Crippen molar-refractivity contribution in [2.45, 2.75) is 24.6 Å². The van der Waals surface area contributed by atoms with Gasteiger partial charge >= 0.3 is 0 Å². The first-order valence-electron chi connectivity index (χ1n) is 4.62. The van der Waals surface area contributed by atoms with Gasteiger partial charge in [0.2, 0.25) is 5.91 Å². The number of amides is 1. The number of hydrogen-bond donors (Lipinski definition) is 1. The van der Waals surface area contributed by atoms with Gasteiger partial charge in [-0.3, -0.25) is 4.79 Å². The van der Waals surface area contributed by atoms with Gasteiger partial charge in [-0.25, -0.2) is 4.98 Å². The molecule has 0 aliphatic heterocycles. The van der Waals surface area contributed by atoms with Crippen LogP contribution >= 0.6 is 23.1 Å². The van der Waals surface area contributed by atoms with Crippen LogP contribution in [0.4, 0.5) is 0 Å². The van der Waals surface area contributed by atoms with Gasteiger partial charge < -0.3 is 5.73 Å². The summed E-state index contributed by atoms with van der Waals surface area (Å²) in [4.78, 5) is 16.1. The molecule has 1 amide bonds. The minimum absolute atomic E-state index is 0.299. The SMILES string of the molecule is C/C=C/CSc1nc(C)c(CC(N)=O)s1. The van der Waals surface area contributed by atoms with E-state index in [9.17, 15) is 4.79 Å². The van der Waals surface area contributed by atoms with Crippen LogP contribution in [0.1, 0.15) is 17.5 Å². The third kappa shape index (κ3) is 4.05. The molecule has 0 saturated carbocycles. The Morgan fingerprint density at radius 3 is 3.00 bits per heavy atom. The molecule has 0 bridgehead atoms. The van der Waals surface area contributed by atoms with Crippen molar-refractivity contribution in [3.63, 3.8) is 0 Å². The van der Waals surface area contributed by atoms with Gasteiger partial charge in [-0.1, -0.05) is 23.9 Å². The van der Waals surface area contributed by atoms with Crippen LogP contribution in [-0.4, -0.2) is 16.6 Å². The highest BCUT2D eigenvalue weighted by atomic mass is 32.2. The summed E-state index contributed by atoms with van der Waals surface area (Å²) in [6, 6.07) is 0. The highest BCUT2D eigenvalue weighted by Gasteiger charge is 2.09. The molecular weight excluding hydrogens is 228 g/mol. The van der Waals surface area contributed by atoms with E-state index in [1.54, 1.807) is 23.1 Å². The second-order valence-electron chi connectivity index (χ2n) is 3.01. The average molecular weight is 242 g/mol.